The lowest BCUT2D eigenvalue weighted by Gasteiger charge is -2.12. The average Bonchev–Trinajstić information content (AvgIpc) is 2.57. The largest absolute Gasteiger partial charge is 0.478 e. The summed E-state index contributed by atoms with van der Waals surface area (Å²) in [6.07, 6.45) is 0. The Labute approximate surface area is 488 Å². The molecule has 430 valence electrons. The minimum Gasteiger partial charge on any atom is -0.478 e. The van der Waals surface area contributed by atoms with Crippen LogP contribution in [0.25, 0.3) is 0 Å². The number of amides is 6. The summed E-state index contributed by atoms with van der Waals surface area (Å²) in [5.74, 6) is -5.33. The Morgan fingerprint density at radius 2 is 0.576 bits per heavy atom. The van der Waals surface area contributed by atoms with Gasteiger partial charge in [-0.3, -0.25) is 28.8 Å². The Bertz CT molecular complexity index is 4220. The fourth-order valence-electron chi connectivity index (χ4n) is 7.63. The maximum Gasteiger partial charge on any atom is 0.335 e. The zero-order valence-electron chi connectivity index (χ0n) is 44.4. The molecule has 9 aromatic rings. The molecule has 0 bridgehead atoms. The zero-order chi connectivity index (χ0) is 61.0. The van der Waals surface area contributed by atoms with Crippen molar-refractivity contribution in [2.45, 2.75) is 21.2 Å². The van der Waals surface area contributed by atoms with Gasteiger partial charge in [0.2, 0.25) is 0 Å². The molecule has 0 aromatic heterocycles. The third kappa shape index (κ3) is 17.3. The van der Waals surface area contributed by atoms with Crippen molar-refractivity contribution >= 4 is 82.9 Å². The summed E-state index contributed by atoms with van der Waals surface area (Å²) in [6.45, 7) is 0.254. The van der Waals surface area contributed by atoms with E-state index in [4.69, 9.17) is 5.11 Å². The van der Waals surface area contributed by atoms with E-state index in [1.807, 2.05) is 44.5 Å². The van der Waals surface area contributed by atoms with Crippen LogP contribution in [0, 0.1) is 0 Å². The maximum absolute atomic E-state index is 12.7. The highest BCUT2D eigenvalue weighted by Crippen LogP contribution is 2.21. The Balaban J connectivity index is 0.000000183. The highest BCUT2D eigenvalue weighted by Gasteiger charge is 2.28. The molecular weight excluding hydrogens is 1150 g/mol. The van der Waals surface area contributed by atoms with E-state index >= 15 is 0 Å². The Morgan fingerprint density at radius 1 is 0.294 bits per heavy atom. The first-order chi connectivity index (χ1) is 40.7. The minimum atomic E-state index is -4.33. The van der Waals surface area contributed by atoms with Gasteiger partial charge in [-0.2, -0.15) is 0 Å². The van der Waals surface area contributed by atoms with E-state index in [2.05, 4.69) is 16.0 Å². The molecule has 0 atom stereocenters. The van der Waals surface area contributed by atoms with E-state index in [1.165, 1.54) is 121 Å². The van der Waals surface area contributed by atoms with Gasteiger partial charge in [-0.05, 0) is 115 Å². The summed E-state index contributed by atoms with van der Waals surface area (Å²) in [4.78, 5) is 84.5. The number of hydrogen-bond donors (Lipinski definition) is 7. The van der Waals surface area contributed by atoms with Gasteiger partial charge in [0.1, 0.15) is 14.7 Å². The van der Waals surface area contributed by atoms with E-state index in [0.717, 1.165) is 5.56 Å². The number of nitrogens with one attached hydrogen (secondary N) is 6. The number of hydrogen-bond acceptors (Lipinski definition) is 13. The van der Waals surface area contributed by atoms with Crippen LogP contribution in [0.3, 0.4) is 0 Å². The number of carboxylic acid groups (broad SMARTS) is 1. The second kappa shape index (κ2) is 28.7. The fraction of sp³-hybridized carbons (Fsp3) is 0.0161. The lowest BCUT2D eigenvalue weighted by Crippen LogP contribution is -2.33. The third-order valence-corrected chi connectivity index (χ3v) is 15.9. The molecule has 0 spiro atoms. The molecule has 6 amide bonds. The van der Waals surface area contributed by atoms with Crippen LogP contribution in [-0.4, -0.2) is 71.8 Å². The lowest BCUT2D eigenvalue weighted by molar-refractivity contribution is 0.0695. The van der Waals surface area contributed by atoms with E-state index in [-0.39, 0.29) is 65.9 Å². The molecule has 9 rings (SSSR count). The first-order valence-electron chi connectivity index (χ1n) is 25.2. The van der Waals surface area contributed by atoms with Crippen molar-refractivity contribution in [3.63, 3.8) is 0 Å². The van der Waals surface area contributed by atoms with Gasteiger partial charge in [0, 0.05) is 34.6 Å². The van der Waals surface area contributed by atoms with Gasteiger partial charge >= 0.3 is 5.97 Å². The van der Waals surface area contributed by atoms with Crippen molar-refractivity contribution in [1.29, 1.82) is 0 Å². The van der Waals surface area contributed by atoms with E-state index < -0.39 is 71.5 Å². The number of aromatic carboxylic acids is 1. The van der Waals surface area contributed by atoms with Crippen LogP contribution < -0.4 is 30.1 Å². The van der Waals surface area contributed by atoms with Gasteiger partial charge < -0.3 is 21.1 Å². The molecule has 0 unspecified atom stereocenters. The Hall–Kier alpha value is -10.9. The number of carbonyl (C=O) groups is 7. The van der Waals surface area contributed by atoms with Crippen molar-refractivity contribution in [2.24, 2.45) is 0 Å². The SMILES string of the molecule is O=C(NS(=O)(=O)c1ccccc1C(=O)NCc1ccccc1)c1ccccc1.O=C(NS(=O)(=O)c1ccccc1C(=O)Nc1ccccc1)c1ccccc1.O=C(O)c1ccc(NC(=O)c2ccccc2S(=O)(=O)NC(=O)c2ccccc2)cc1. The van der Waals surface area contributed by atoms with E-state index in [9.17, 15) is 58.8 Å². The first-order valence-corrected chi connectivity index (χ1v) is 29.6. The van der Waals surface area contributed by atoms with Crippen LogP contribution in [0.4, 0.5) is 11.4 Å². The monoisotopic (exact) mass is 1200 g/mol. The highest BCUT2D eigenvalue weighted by atomic mass is 32.2. The Morgan fingerprint density at radius 3 is 0.918 bits per heavy atom. The van der Waals surface area contributed by atoms with Crippen LogP contribution in [0.5, 0.6) is 0 Å². The van der Waals surface area contributed by atoms with E-state index in [1.54, 1.807) is 97.1 Å². The van der Waals surface area contributed by atoms with Crippen LogP contribution in [0.15, 0.2) is 263 Å². The normalized spacial score (nSPS) is 10.8. The lowest BCUT2D eigenvalue weighted by atomic mass is 10.2. The van der Waals surface area contributed by atoms with Crippen LogP contribution >= 0.6 is 0 Å². The molecule has 7 N–H and O–H groups in total. The van der Waals surface area contributed by atoms with Crippen molar-refractivity contribution < 1.29 is 63.9 Å². The summed E-state index contributed by atoms with van der Waals surface area (Å²) in [5, 5.41) is 16.8. The number of para-hydroxylation sites is 1. The van der Waals surface area contributed by atoms with Gasteiger partial charge in [-0.1, -0.05) is 140 Å². The number of benzene rings is 9. The summed E-state index contributed by atoms with van der Waals surface area (Å²) in [6, 6.07) is 64.0. The summed E-state index contributed by atoms with van der Waals surface area (Å²) < 4.78 is 82.2. The second-order valence-electron chi connectivity index (χ2n) is 17.7. The topological polar surface area (TPSA) is 314 Å². The summed E-state index contributed by atoms with van der Waals surface area (Å²) in [5.41, 5.74) is 2.03. The van der Waals surface area contributed by atoms with Crippen molar-refractivity contribution in [3.8, 4) is 0 Å². The smallest absolute Gasteiger partial charge is 0.335 e. The quantitative estimate of drug-likeness (QED) is 0.0449. The highest BCUT2D eigenvalue weighted by molar-refractivity contribution is 7.90. The van der Waals surface area contributed by atoms with Crippen molar-refractivity contribution in [1.82, 2.24) is 19.5 Å². The number of rotatable bonds is 17. The van der Waals surface area contributed by atoms with Crippen molar-refractivity contribution in [3.05, 3.63) is 293 Å². The predicted octanol–water partition coefficient (Wildman–Crippen LogP) is 8.55. The molecule has 0 saturated heterocycles. The minimum absolute atomic E-state index is 0.0354. The molecule has 0 aliphatic heterocycles. The standard InChI is InChI=1S/C21H16N2O6S.C21H18N2O4S.C20H16N2O4S/c24-19(14-6-2-1-3-7-14)23-30(28,29)18-9-5-4-8-17(18)20(25)22-16-12-10-15(11-13-16)21(26)27;24-20(17-11-5-2-6-12-17)23-28(26,27)19-14-8-7-13-18(19)21(25)22-15-16-9-3-1-4-10-16;23-19(15-9-3-1-4-10-15)22-27(25,26)18-14-8-7-13-17(18)20(24)21-16-11-5-2-6-12-16/h1-13H,(H,22,25)(H,23,24)(H,26,27);1-14H,15H2,(H,22,25)(H,23,24);1-14H,(H,21,24)(H,22,23). The molecule has 0 saturated carbocycles. The van der Waals surface area contributed by atoms with Crippen LogP contribution in [0.1, 0.15) is 78.1 Å². The zero-order valence-corrected chi connectivity index (χ0v) is 46.8. The van der Waals surface area contributed by atoms with Gasteiger partial charge in [-0.25, -0.2) is 44.2 Å². The molecule has 23 heteroatoms. The molecule has 0 fully saturated rings. The Kier molecular flexibility index (Phi) is 20.8. The van der Waals surface area contributed by atoms with Crippen LogP contribution in [-0.2, 0) is 36.6 Å². The van der Waals surface area contributed by atoms with Gasteiger partial charge in [0.15, 0.2) is 0 Å². The molecule has 9 aromatic carbocycles. The molecular formula is C62H50N6O14S3. The number of carboxylic acids is 1. The fourth-order valence-corrected chi connectivity index (χ4v) is 11.2. The van der Waals surface area contributed by atoms with Crippen molar-refractivity contribution in [2.75, 3.05) is 10.6 Å². The van der Waals surface area contributed by atoms with E-state index in [0.29, 0.717) is 5.69 Å². The summed E-state index contributed by atoms with van der Waals surface area (Å²) in [7, 11) is -12.8. The number of sulfonamides is 3. The molecule has 0 heterocycles. The molecule has 85 heavy (non-hydrogen) atoms. The predicted molar refractivity (Wildman–Crippen MR) is 316 cm³/mol. The van der Waals surface area contributed by atoms with Gasteiger partial charge in [0.25, 0.3) is 65.5 Å². The molecule has 20 nitrogen and oxygen atoms in total. The van der Waals surface area contributed by atoms with Crippen LogP contribution in [0.2, 0.25) is 0 Å². The number of anilines is 2. The number of carbonyl (C=O) groups excluding carboxylic acids is 6. The summed E-state index contributed by atoms with van der Waals surface area (Å²) >= 11 is 0. The average molecular weight is 1200 g/mol. The maximum atomic E-state index is 12.7. The second-order valence-corrected chi connectivity index (χ2v) is 22.7. The van der Waals surface area contributed by atoms with Gasteiger partial charge in [-0.15, -0.1) is 0 Å². The third-order valence-electron chi connectivity index (χ3n) is 11.8. The molecule has 0 radical (unpaired) electrons. The molecule has 0 aliphatic rings. The van der Waals surface area contributed by atoms with Gasteiger partial charge in [0.05, 0.1) is 22.3 Å². The molecule has 0 aliphatic carbocycles. The first kappa shape index (κ1) is 61.7.